The zero-order valence-corrected chi connectivity index (χ0v) is 11.1. The lowest BCUT2D eigenvalue weighted by Crippen LogP contribution is -2.40. The number of carboxylic acids is 1. The number of aryl methyl sites for hydroxylation is 1. The zero-order valence-electron chi connectivity index (χ0n) is 11.1. The number of carboxylic acid groups (broad SMARTS) is 1. The summed E-state index contributed by atoms with van der Waals surface area (Å²) in [5, 5.41) is 17.6. The molecule has 1 atom stereocenters. The van der Waals surface area contributed by atoms with Crippen molar-refractivity contribution in [1.29, 1.82) is 0 Å². The molecule has 0 spiro atoms. The molecule has 0 aromatic carbocycles. The number of aliphatic carboxylic acids is 1. The van der Waals surface area contributed by atoms with Gasteiger partial charge in [0, 0.05) is 18.5 Å². The molecule has 1 heterocycles. The standard InChI is InChI=1S/C12H19N3O4/c1-8(4-3-5-11(16)17)14-12(18)13-7-10-6-9(2)19-15-10/h6,8H,3-5,7H2,1-2H3,(H,16,17)(H2,13,14,18). The minimum Gasteiger partial charge on any atom is -0.481 e. The number of aromatic nitrogens is 1. The van der Waals surface area contributed by atoms with Crippen molar-refractivity contribution in [2.45, 2.75) is 45.7 Å². The summed E-state index contributed by atoms with van der Waals surface area (Å²) in [6.45, 7) is 3.91. The smallest absolute Gasteiger partial charge is 0.315 e. The van der Waals surface area contributed by atoms with Gasteiger partial charge in [-0.05, 0) is 26.7 Å². The van der Waals surface area contributed by atoms with E-state index in [1.165, 1.54) is 0 Å². The van der Waals surface area contributed by atoms with Gasteiger partial charge in [0.1, 0.15) is 11.5 Å². The van der Waals surface area contributed by atoms with Gasteiger partial charge in [0.15, 0.2) is 0 Å². The Morgan fingerprint density at radius 2 is 2.26 bits per heavy atom. The number of rotatable bonds is 7. The molecule has 19 heavy (non-hydrogen) atoms. The third-order valence-corrected chi connectivity index (χ3v) is 2.51. The zero-order chi connectivity index (χ0) is 14.3. The Bertz CT molecular complexity index is 430. The molecule has 106 valence electrons. The minimum atomic E-state index is -0.821. The van der Waals surface area contributed by atoms with Crippen molar-refractivity contribution >= 4 is 12.0 Å². The predicted octanol–water partition coefficient (Wildman–Crippen LogP) is 1.43. The Balaban J connectivity index is 2.17. The van der Waals surface area contributed by atoms with E-state index in [2.05, 4.69) is 15.8 Å². The van der Waals surface area contributed by atoms with Crippen LogP contribution >= 0.6 is 0 Å². The van der Waals surface area contributed by atoms with Crippen LogP contribution in [0.4, 0.5) is 4.79 Å². The largest absolute Gasteiger partial charge is 0.481 e. The van der Waals surface area contributed by atoms with Crippen molar-refractivity contribution in [1.82, 2.24) is 15.8 Å². The lowest BCUT2D eigenvalue weighted by molar-refractivity contribution is -0.137. The summed E-state index contributed by atoms with van der Waals surface area (Å²) in [6.07, 6.45) is 1.29. The molecule has 0 bridgehead atoms. The number of nitrogens with one attached hydrogen (secondary N) is 2. The van der Waals surface area contributed by atoms with Gasteiger partial charge in [-0.2, -0.15) is 0 Å². The quantitative estimate of drug-likeness (QED) is 0.694. The summed E-state index contributed by atoms with van der Waals surface area (Å²) < 4.78 is 4.88. The fourth-order valence-corrected chi connectivity index (χ4v) is 1.58. The fraction of sp³-hybridized carbons (Fsp3) is 0.583. The van der Waals surface area contributed by atoms with Gasteiger partial charge in [-0.25, -0.2) is 4.79 Å². The molecule has 0 radical (unpaired) electrons. The molecule has 7 heteroatoms. The van der Waals surface area contributed by atoms with Gasteiger partial charge in [0.25, 0.3) is 0 Å². The van der Waals surface area contributed by atoms with Crippen molar-refractivity contribution in [2.75, 3.05) is 0 Å². The Morgan fingerprint density at radius 1 is 1.53 bits per heavy atom. The Morgan fingerprint density at radius 3 is 2.84 bits per heavy atom. The Labute approximate surface area is 111 Å². The number of carbonyl (C=O) groups is 2. The van der Waals surface area contributed by atoms with Crippen molar-refractivity contribution < 1.29 is 19.2 Å². The van der Waals surface area contributed by atoms with E-state index in [0.29, 0.717) is 30.8 Å². The van der Waals surface area contributed by atoms with Crippen molar-refractivity contribution in [3.05, 3.63) is 17.5 Å². The molecule has 1 unspecified atom stereocenters. The molecule has 0 aliphatic rings. The van der Waals surface area contributed by atoms with E-state index in [1.54, 1.807) is 13.0 Å². The molecule has 1 aromatic rings. The maximum Gasteiger partial charge on any atom is 0.315 e. The summed E-state index contributed by atoms with van der Waals surface area (Å²) in [7, 11) is 0. The molecular formula is C12H19N3O4. The number of hydrogen-bond donors (Lipinski definition) is 3. The maximum atomic E-state index is 11.5. The van der Waals surface area contributed by atoms with Crippen LogP contribution in [0.2, 0.25) is 0 Å². The van der Waals surface area contributed by atoms with E-state index in [-0.39, 0.29) is 18.5 Å². The van der Waals surface area contributed by atoms with Crippen LogP contribution in [0.3, 0.4) is 0 Å². The maximum absolute atomic E-state index is 11.5. The highest BCUT2D eigenvalue weighted by Gasteiger charge is 2.08. The van der Waals surface area contributed by atoms with E-state index in [1.807, 2.05) is 6.92 Å². The molecule has 3 N–H and O–H groups in total. The number of urea groups is 1. The molecule has 7 nitrogen and oxygen atoms in total. The van der Waals surface area contributed by atoms with Gasteiger partial charge < -0.3 is 20.3 Å². The van der Waals surface area contributed by atoms with Crippen LogP contribution in [-0.2, 0) is 11.3 Å². The first-order chi connectivity index (χ1) is 8.97. The van der Waals surface area contributed by atoms with Crippen LogP contribution in [0.1, 0.15) is 37.6 Å². The fourth-order valence-electron chi connectivity index (χ4n) is 1.58. The SMILES string of the molecule is Cc1cc(CNC(=O)NC(C)CCCC(=O)O)no1. The molecule has 0 saturated heterocycles. The lowest BCUT2D eigenvalue weighted by Gasteiger charge is -2.13. The number of amides is 2. The molecule has 0 fully saturated rings. The van der Waals surface area contributed by atoms with Gasteiger partial charge in [0.2, 0.25) is 0 Å². The van der Waals surface area contributed by atoms with Crippen LogP contribution < -0.4 is 10.6 Å². The lowest BCUT2D eigenvalue weighted by atomic mass is 10.1. The highest BCUT2D eigenvalue weighted by molar-refractivity contribution is 5.74. The molecule has 0 saturated carbocycles. The van der Waals surface area contributed by atoms with E-state index >= 15 is 0 Å². The Kier molecular flexibility index (Phi) is 5.84. The van der Waals surface area contributed by atoms with Crippen molar-refractivity contribution in [2.24, 2.45) is 0 Å². The first-order valence-electron chi connectivity index (χ1n) is 6.15. The topological polar surface area (TPSA) is 104 Å². The van der Waals surface area contributed by atoms with Crippen LogP contribution in [0, 0.1) is 6.92 Å². The van der Waals surface area contributed by atoms with Crippen molar-refractivity contribution in [3.63, 3.8) is 0 Å². The van der Waals surface area contributed by atoms with Gasteiger partial charge in [-0.3, -0.25) is 4.79 Å². The summed E-state index contributed by atoms with van der Waals surface area (Å²) in [6, 6.07) is 1.37. The van der Waals surface area contributed by atoms with Crippen LogP contribution in [0.25, 0.3) is 0 Å². The molecule has 2 amide bonds. The van der Waals surface area contributed by atoms with E-state index in [0.717, 1.165) is 0 Å². The molecule has 0 aliphatic carbocycles. The summed E-state index contributed by atoms with van der Waals surface area (Å²) in [4.78, 5) is 21.9. The molecule has 0 aliphatic heterocycles. The summed E-state index contributed by atoms with van der Waals surface area (Å²) in [5.74, 6) is -0.127. The average Bonchev–Trinajstić information content (AvgIpc) is 2.72. The summed E-state index contributed by atoms with van der Waals surface area (Å²) in [5.41, 5.74) is 0.659. The number of hydrogen-bond acceptors (Lipinski definition) is 4. The third kappa shape index (κ3) is 6.44. The third-order valence-electron chi connectivity index (χ3n) is 2.51. The first-order valence-corrected chi connectivity index (χ1v) is 6.15. The van der Waals surface area contributed by atoms with Crippen LogP contribution in [-0.4, -0.2) is 28.3 Å². The summed E-state index contributed by atoms with van der Waals surface area (Å²) >= 11 is 0. The van der Waals surface area contributed by atoms with E-state index in [4.69, 9.17) is 9.63 Å². The van der Waals surface area contributed by atoms with Gasteiger partial charge >= 0.3 is 12.0 Å². The predicted molar refractivity (Wildman–Crippen MR) is 67.6 cm³/mol. The normalized spacial score (nSPS) is 11.9. The van der Waals surface area contributed by atoms with Gasteiger partial charge in [0.05, 0.1) is 6.54 Å². The first kappa shape index (κ1) is 15.0. The monoisotopic (exact) mass is 269 g/mol. The van der Waals surface area contributed by atoms with Crippen LogP contribution in [0.5, 0.6) is 0 Å². The second kappa shape index (κ2) is 7.40. The second-order valence-electron chi connectivity index (χ2n) is 4.44. The highest BCUT2D eigenvalue weighted by Crippen LogP contribution is 2.02. The van der Waals surface area contributed by atoms with Gasteiger partial charge in [-0.15, -0.1) is 0 Å². The van der Waals surface area contributed by atoms with Crippen LogP contribution in [0.15, 0.2) is 10.6 Å². The van der Waals surface area contributed by atoms with E-state index in [9.17, 15) is 9.59 Å². The molecule has 1 rings (SSSR count). The molecule has 1 aromatic heterocycles. The van der Waals surface area contributed by atoms with Crippen molar-refractivity contribution in [3.8, 4) is 0 Å². The van der Waals surface area contributed by atoms with E-state index < -0.39 is 5.97 Å². The minimum absolute atomic E-state index is 0.0709. The second-order valence-corrected chi connectivity index (χ2v) is 4.44. The number of nitrogens with zero attached hydrogens (tertiary/aromatic N) is 1. The highest BCUT2D eigenvalue weighted by atomic mass is 16.5. The molecular weight excluding hydrogens is 250 g/mol. The Hall–Kier alpha value is -2.05. The van der Waals surface area contributed by atoms with Gasteiger partial charge in [-0.1, -0.05) is 5.16 Å². The average molecular weight is 269 g/mol. The number of carbonyl (C=O) groups excluding carboxylic acids is 1.